The molecule has 0 aromatic heterocycles. The molecule has 54 valence electrons. The van der Waals surface area contributed by atoms with Crippen LogP contribution in [0, 0.1) is 0 Å². The largest absolute Gasteiger partial charge is 0.284 e. The Morgan fingerprint density at radius 3 is 1.40 bits per heavy atom. The van der Waals surface area contributed by atoms with E-state index in [1.807, 2.05) is 0 Å². The molecule has 1 rings (SSSR count). The summed E-state index contributed by atoms with van der Waals surface area (Å²) in [6.07, 6.45) is 3.60. The van der Waals surface area contributed by atoms with Crippen molar-refractivity contribution in [3.63, 3.8) is 0 Å². The SMILES string of the molecule is CSc1c(SC)c(=O)c1=O. The van der Waals surface area contributed by atoms with Gasteiger partial charge < -0.3 is 0 Å². The first kappa shape index (κ1) is 7.88. The molecule has 10 heavy (non-hydrogen) atoms. The van der Waals surface area contributed by atoms with Crippen LogP contribution in [-0.2, 0) is 0 Å². The Hall–Kier alpha value is -0.220. The molecule has 0 atom stereocenters. The van der Waals surface area contributed by atoms with Crippen molar-refractivity contribution in [3.8, 4) is 0 Å². The molecule has 0 radical (unpaired) electrons. The van der Waals surface area contributed by atoms with Crippen LogP contribution in [0.25, 0.3) is 0 Å². The first-order chi connectivity index (χ1) is 4.72. The van der Waals surface area contributed by atoms with Gasteiger partial charge >= 0.3 is 0 Å². The summed E-state index contributed by atoms with van der Waals surface area (Å²) in [7, 11) is 0. The van der Waals surface area contributed by atoms with E-state index in [2.05, 4.69) is 0 Å². The van der Waals surface area contributed by atoms with Crippen molar-refractivity contribution in [3.05, 3.63) is 20.4 Å². The summed E-state index contributed by atoms with van der Waals surface area (Å²) in [4.78, 5) is 22.7. The molecule has 0 unspecified atom stereocenters. The third kappa shape index (κ3) is 0.914. The summed E-state index contributed by atoms with van der Waals surface area (Å²) < 4.78 is 0. The van der Waals surface area contributed by atoms with Gasteiger partial charge in [-0.2, -0.15) is 0 Å². The molecule has 0 bridgehead atoms. The molecule has 0 saturated carbocycles. The molecule has 0 aliphatic carbocycles. The van der Waals surface area contributed by atoms with E-state index in [-0.39, 0.29) is 10.9 Å². The van der Waals surface area contributed by atoms with Crippen molar-refractivity contribution in [2.45, 2.75) is 9.79 Å². The fraction of sp³-hybridized carbons (Fsp3) is 0.333. The molecule has 0 spiro atoms. The Labute approximate surface area is 66.7 Å². The quantitative estimate of drug-likeness (QED) is 0.489. The zero-order valence-electron chi connectivity index (χ0n) is 5.63. The zero-order chi connectivity index (χ0) is 7.72. The molecule has 1 aromatic rings. The van der Waals surface area contributed by atoms with Crippen molar-refractivity contribution >= 4 is 23.5 Å². The van der Waals surface area contributed by atoms with Crippen LogP contribution in [0.15, 0.2) is 19.4 Å². The van der Waals surface area contributed by atoms with Crippen LogP contribution >= 0.6 is 23.5 Å². The summed E-state index contributed by atoms with van der Waals surface area (Å²) in [6, 6.07) is 0. The molecule has 0 amide bonds. The second kappa shape index (κ2) is 2.80. The van der Waals surface area contributed by atoms with Crippen LogP contribution in [0.3, 0.4) is 0 Å². The van der Waals surface area contributed by atoms with Gasteiger partial charge in [0.25, 0.3) is 0 Å². The minimum absolute atomic E-state index is 0.322. The molecular formula is C6H6O2S2. The lowest BCUT2D eigenvalue weighted by molar-refractivity contribution is 1.05. The third-order valence-electron chi connectivity index (χ3n) is 1.23. The van der Waals surface area contributed by atoms with Crippen molar-refractivity contribution in [2.24, 2.45) is 0 Å². The van der Waals surface area contributed by atoms with Gasteiger partial charge in [-0.05, 0) is 12.5 Å². The molecule has 1 aromatic carbocycles. The molecule has 4 heteroatoms. The first-order valence-corrected chi connectivity index (χ1v) is 5.08. The normalized spacial score (nSPS) is 10.6. The molecule has 0 aliphatic rings. The van der Waals surface area contributed by atoms with Gasteiger partial charge in [-0.1, -0.05) is 0 Å². The fourth-order valence-corrected chi connectivity index (χ4v) is 2.33. The summed E-state index contributed by atoms with van der Waals surface area (Å²) in [5.41, 5.74) is -0.645. The second-order valence-electron chi connectivity index (χ2n) is 1.72. The predicted octanol–water partition coefficient (Wildman–Crippen LogP) is 0.726. The minimum Gasteiger partial charge on any atom is -0.284 e. The van der Waals surface area contributed by atoms with E-state index in [1.54, 1.807) is 12.5 Å². The Morgan fingerprint density at radius 1 is 0.900 bits per heavy atom. The van der Waals surface area contributed by atoms with Gasteiger partial charge in [0, 0.05) is 0 Å². The average molecular weight is 174 g/mol. The van der Waals surface area contributed by atoms with E-state index in [9.17, 15) is 9.59 Å². The number of thioether (sulfide) groups is 2. The van der Waals surface area contributed by atoms with Crippen LogP contribution < -0.4 is 10.9 Å². The third-order valence-corrected chi connectivity index (χ3v) is 2.96. The van der Waals surface area contributed by atoms with Crippen LogP contribution in [0.4, 0.5) is 0 Å². The monoisotopic (exact) mass is 174 g/mol. The first-order valence-electron chi connectivity index (χ1n) is 2.63. The second-order valence-corrected chi connectivity index (χ2v) is 3.36. The Morgan fingerprint density at radius 2 is 1.20 bits per heavy atom. The summed E-state index contributed by atoms with van der Waals surface area (Å²) in [5, 5.41) is 0. The van der Waals surface area contributed by atoms with Gasteiger partial charge in [0.05, 0.1) is 9.79 Å². The van der Waals surface area contributed by atoms with Gasteiger partial charge in [0.1, 0.15) is 0 Å². The molecule has 2 nitrogen and oxygen atoms in total. The highest BCUT2D eigenvalue weighted by Gasteiger charge is 2.17. The van der Waals surface area contributed by atoms with Gasteiger partial charge in [-0.15, -0.1) is 23.5 Å². The van der Waals surface area contributed by atoms with E-state index in [1.165, 1.54) is 23.5 Å². The maximum atomic E-state index is 10.7. The highest BCUT2D eigenvalue weighted by Crippen LogP contribution is 2.22. The van der Waals surface area contributed by atoms with E-state index in [0.29, 0.717) is 9.79 Å². The lowest BCUT2D eigenvalue weighted by Gasteiger charge is -2.02. The molecule has 0 heterocycles. The summed E-state index contributed by atoms with van der Waals surface area (Å²) in [5.74, 6) is 0. The Balaban J connectivity index is 3.16. The number of hydrogen-bond donors (Lipinski definition) is 0. The van der Waals surface area contributed by atoms with Crippen LogP contribution in [0.5, 0.6) is 0 Å². The average Bonchev–Trinajstić information content (AvgIpc) is 1.97. The van der Waals surface area contributed by atoms with E-state index in [0.717, 1.165) is 0 Å². The highest BCUT2D eigenvalue weighted by atomic mass is 32.2. The van der Waals surface area contributed by atoms with Crippen LogP contribution in [0.2, 0.25) is 0 Å². The number of rotatable bonds is 2. The molecular weight excluding hydrogens is 168 g/mol. The smallest absolute Gasteiger partial charge is 0.241 e. The van der Waals surface area contributed by atoms with Gasteiger partial charge in [-0.3, -0.25) is 9.59 Å². The lowest BCUT2D eigenvalue weighted by Crippen LogP contribution is -2.34. The van der Waals surface area contributed by atoms with Crippen molar-refractivity contribution in [2.75, 3.05) is 12.5 Å². The van der Waals surface area contributed by atoms with Crippen molar-refractivity contribution < 1.29 is 0 Å². The zero-order valence-corrected chi connectivity index (χ0v) is 7.27. The van der Waals surface area contributed by atoms with E-state index < -0.39 is 0 Å². The number of hydrogen-bond acceptors (Lipinski definition) is 4. The van der Waals surface area contributed by atoms with E-state index in [4.69, 9.17) is 0 Å². The maximum absolute atomic E-state index is 10.7. The minimum atomic E-state index is -0.322. The molecule has 0 fully saturated rings. The highest BCUT2D eigenvalue weighted by molar-refractivity contribution is 8.01. The molecule has 0 N–H and O–H groups in total. The topological polar surface area (TPSA) is 34.1 Å². The Bertz CT molecular complexity index is 277. The fourth-order valence-electron chi connectivity index (χ4n) is 0.721. The summed E-state index contributed by atoms with van der Waals surface area (Å²) in [6.45, 7) is 0. The molecule has 0 saturated heterocycles. The van der Waals surface area contributed by atoms with E-state index >= 15 is 0 Å². The van der Waals surface area contributed by atoms with Gasteiger partial charge in [0.2, 0.25) is 10.9 Å². The van der Waals surface area contributed by atoms with Gasteiger partial charge in [-0.25, -0.2) is 0 Å². The van der Waals surface area contributed by atoms with Crippen molar-refractivity contribution in [1.29, 1.82) is 0 Å². The molecule has 0 aliphatic heterocycles. The Kier molecular flexibility index (Phi) is 2.21. The lowest BCUT2D eigenvalue weighted by atomic mass is 10.3. The standard InChI is InChI=1S/C6H6O2S2/c1-9-5-3(7)4(8)6(5)10-2/h1-2H3. The van der Waals surface area contributed by atoms with Crippen molar-refractivity contribution in [1.82, 2.24) is 0 Å². The van der Waals surface area contributed by atoms with Crippen LogP contribution in [-0.4, -0.2) is 12.5 Å². The predicted molar refractivity (Wildman–Crippen MR) is 44.9 cm³/mol. The van der Waals surface area contributed by atoms with Crippen LogP contribution in [0.1, 0.15) is 0 Å². The summed E-state index contributed by atoms with van der Waals surface area (Å²) >= 11 is 2.69. The van der Waals surface area contributed by atoms with Gasteiger partial charge in [0.15, 0.2) is 0 Å². The maximum Gasteiger partial charge on any atom is 0.241 e.